The Morgan fingerprint density at radius 3 is 2.81 bits per heavy atom. The van der Waals surface area contributed by atoms with E-state index in [9.17, 15) is 0 Å². The van der Waals surface area contributed by atoms with Crippen molar-refractivity contribution in [2.75, 3.05) is 6.54 Å². The maximum atomic E-state index is 3.51. The summed E-state index contributed by atoms with van der Waals surface area (Å²) >= 11 is 3.50. The number of rotatable bonds is 6. The molecule has 0 spiro atoms. The molecule has 0 unspecified atom stereocenters. The fourth-order valence-electron chi connectivity index (χ4n) is 2.59. The number of fused-ring (bicyclic) bond motifs is 1. The van der Waals surface area contributed by atoms with E-state index >= 15 is 0 Å². The molecule has 1 N–H and O–H groups in total. The van der Waals surface area contributed by atoms with Crippen LogP contribution in [0, 0.1) is 0 Å². The Balaban J connectivity index is 1.46. The van der Waals surface area contributed by atoms with Gasteiger partial charge in [-0.05, 0) is 48.2 Å². The molecule has 21 heavy (non-hydrogen) atoms. The molecule has 2 aromatic carbocycles. The van der Waals surface area contributed by atoms with Crippen LogP contribution in [0.1, 0.15) is 12.0 Å². The van der Waals surface area contributed by atoms with Crippen molar-refractivity contribution in [2.24, 2.45) is 0 Å². The molecular formula is C18H19BrN2. The average molecular weight is 343 g/mol. The van der Waals surface area contributed by atoms with Gasteiger partial charge in [-0.25, -0.2) is 0 Å². The van der Waals surface area contributed by atoms with Gasteiger partial charge in [0.15, 0.2) is 0 Å². The Morgan fingerprint density at radius 1 is 1.00 bits per heavy atom. The van der Waals surface area contributed by atoms with Gasteiger partial charge in [-0.15, -0.1) is 0 Å². The summed E-state index contributed by atoms with van der Waals surface area (Å²) in [7, 11) is 0. The molecule has 0 bridgehead atoms. The van der Waals surface area contributed by atoms with E-state index in [1.165, 1.54) is 16.5 Å². The lowest BCUT2D eigenvalue weighted by molar-refractivity contribution is 0.591. The Kier molecular flexibility index (Phi) is 4.73. The first-order chi connectivity index (χ1) is 10.3. The minimum Gasteiger partial charge on any atom is -0.347 e. The first-order valence-corrected chi connectivity index (χ1v) is 8.11. The zero-order chi connectivity index (χ0) is 14.5. The maximum Gasteiger partial charge on any atom is 0.0480 e. The van der Waals surface area contributed by atoms with E-state index in [2.05, 4.69) is 86.6 Å². The lowest BCUT2D eigenvalue weighted by Crippen LogP contribution is -2.16. The molecule has 0 saturated heterocycles. The molecule has 0 aliphatic rings. The van der Waals surface area contributed by atoms with Gasteiger partial charge in [0, 0.05) is 29.3 Å². The van der Waals surface area contributed by atoms with E-state index in [4.69, 9.17) is 0 Å². The van der Waals surface area contributed by atoms with Crippen LogP contribution in [0.4, 0.5) is 0 Å². The van der Waals surface area contributed by atoms with Gasteiger partial charge in [-0.3, -0.25) is 0 Å². The first kappa shape index (κ1) is 14.4. The van der Waals surface area contributed by atoms with Crippen molar-refractivity contribution in [3.63, 3.8) is 0 Å². The molecule has 3 rings (SSSR count). The fourth-order valence-corrected chi connectivity index (χ4v) is 3.04. The number of aryl methyl sites for hydroxylation is 1. The van der Waals surface area contributed by atoms with E-state index in [0.717, 1.165) is 30.5 Å². The SMILES string of the molecule is Brc1cccc(CNCCCn2ccc3ccccc32)c1. The molecule has 108 valence electrons. The van der Waals surface area contributed by atoms with Crippen LogP contribution >= 0.6 is 15.9 Å². The Morgan fingerprint density at radius 2 is 1.90 bits per heavy atom. The summed E-state index contributed by atoms with van der Waals surface area (Å²) in [6.07, 6.45) is 3.31. The minimum atomic E-state index is 0.922. The monoisotopic (exact) mass is 342 g/mol. The molecule has 0 saturated carbocycles. The van der Waals surface area contributed by atoms with Crippen LogP contribution in [0.2, 0.25) is 0 Å². The van der Waals surface area contributed by atoms with Crippen molar-refractivity contribution in [1.29, 1.82) is 0 Å². The molecule has 1 heterocycles. The molecular weight excluding hydrogens is 324 g/mol. The van der Waals surface area contributed by atoms with Crippen LogP contribution in [0.3, 0.4) is 0 Å². The third-order valence-electron chi connectivity index (χ3n) is 3.65. The number of benzene rings is 2. The van der Waals surface area contributed by atoms with Crippen LogP contribution in [-0.2, 0) is 13.1 Å². The van der Waals surface area contributed by atoms with Gasteiger partial charge in [-0.1, -0.05) is 46.3 Å². The molecule has 0 radical (unpaired) electrons. The van der Waals surface area contributed by atoms with E-state index in [1.54, 1.807) is 0 Å². The van der Waals surface area contributed by atoms with E-state index in [-0.39, 0.29) is 0 Å². The molecule has 0 aliphatic carbocycles. The van der Waals surface area contributed by atoms with E-state index in [1.807, 2.05) is 0 Å². The summed E-state index contributed by atoms with van der Waals surface area (Å²) in [6, 6.07) is 19.2. The third kappa shape index (κ3) is 3.74. The highest BCUT2D eigenvalue weighted by Gasteiger charge is 1.99. The molecule has 1 aromatic heterocycles. The summed E-state index contributed by atoms with van der Waals surface area (Å²) in [5.74, 6) is 0. The lowest BCUT2D eigenvalue weighted by atomic mass is 10.2. The second-order valence-corrected chi connectivity index (χ2v) is 6.14. The lowest BCUT2D eigenvalue weighted by Gasteiger charge is -2.07. The molecule has 3 aromatic rings. The van der Waals surface area contributed by atoms with Crippen molar-refractivity contribution in [1.82, 2.24) is 9.88 Å². The quantitative estimate of drug-likeness (QED) is 0.648. The Labute approximate surface area is 133 Å². The molecule has 0 amide bonds. The van der Waals surface area contributed by atoms with Gasteiger partial charge in [-0.2, -0.15) is 0 Å². The highest BCUT2D eigenvalue weighted by Crippen LogP contribution is 2.15. The molecule has 0 aliphatic heterocycles. The van der Waals surface area contributed by atoms with Crippen molar-refractivity contribution in [3.05, 3.63) is 70.8 Å². The van der Waals surface area contributed by atoms with Gasteiger partial charge in [0.1, 0.15) is 0 Å². The normalized spacial score (nSPS) is 11.1. The number of para-hydroxylation sites is 1. The largest absolute Gasteiger partial charge is 0.347 e. The van der Waals surface area contributed by atoms with Crippen LogP contribution in [0.15, 0.2) is 65.3 Å². The topological polar surface area (TPSA) is 17.0 Å². The highest BCUT2D eigenvalue weighted by molar-refractivity contribution is 9.10. The molecule has 3 heteroatoms. The number of hydrogen-bond acceptors (Lipinski definition) is 1. The number of nitrogens with zero attached hydrogens (tertiary/aromatic N) is 1. The van der Waals surface area contributed by atoms with Gasteiger partial charge in [0.2, 0.25) is 0 Å². The number of nitrogens with one attached hydrogen (secondary N) is 1. The summed E-state index contributed by atoms with van der Waals surface area (Å²) < 4.78 is 3.47. The smallest absolute Gasteiger partial charge is 0.0480 e. The predicted molar refractivity (Wildman–Crippen MR) is 92.4 cm³/mol. The van der Waals surface area contributed by atoms with Gasteiger partial charge in [0.05, 0.1) is 0 Å². The fraction of sp³-hybridized carbons (Fsp3) is 0.222. The molecule has 2 nitrogen and oxygen atoms in total. The molecule has 0 fully saturated rings. The Hall–Kier alpha value is -1.58. The van der Waals surface area contributed by atoms with Gasteiger partial charge >= 0.3 is 0 Å². The minimum absolute atomic E-state index is 0.922. The van der Waals surface area contributed by atoms with Crippen molar-refractivity contribution < 1.29 is 0 Å². The Bertz CT molecular complexity index is 718. The number of aromatic nitrogens is 1. The van der Waals surface area contributed by atoms with Crippen LogP contribution in [0.5, 0.6) is 0 Å². The van der Waals surface area contributed by atoms with Crippen LogP contribution in [-0.4, -0.2) is 11.1 Å². The average Bonchev–Trinajstić information content (AvgIpc) is 2.90. The van der Waals surface area contributed by atoms with Crippen molar-refractivity contribution in [3.8, 4) is 0 Å². The van der Waals surface area contributed by atoms with E-state index < -0.39 is 0 Å². The summed E-state index contributed by atoms with van der Waals surface area (Å²) in [5.41, 5.74) is 2.64. The highest BCUT2D eigenvalue weighted by atomic mass is 79.9. The van der Waals surface area contributed by atoms with E-state index in [0.29, 0.717) is 0 Å². The summed E-state index contributed by atoms with van der Waals surface area (Å²) in [6.45, 7) is 3.00. The van der Waals surface area contributed by atoms with Gasteiger partial charge in [0.25, 0.3) is 0 Å². The number of halogens is 1. The zero-order valence-electron chi connectivity index (χ0n) is 11.9. The number of hydrogen-bond donors (Lipinski definition) is 1. The second-order valence-electron chi connectivity index (χ2n) is 5.23. The summed E-state index contributed by atoms with van der Waals surface area (Å²) in [4.78, 5) is 0. The van der Waals surface area contributed by atoms with Crippen LogP contribution in [0.25, 0.3) is 10.9 Å². The third-order valence-corrected chi connectivity index (χ3v) is 4.14. The second kappa shape index (κ2) is 6.92. The van der Waals surface area contributed by atoms with Gasteiger partial charge < -0.3 is 9.88 Å². The van der Waals surface area contributed by atoms with Crippen LogP contribution < -0.4 is 5.32 Å². The summed E-state index contributed by atoms with van der Waals surface area (Å²) in [5, 5.41) is 4.82. The standard InChI is InChI=1S/C18H19BrN2/c19-17-7-3-5-15(13-17)14-20-10-4-11-21-12-9-16-6-1-2-8-18(16)21/h1-3,5-9,12-13,20H,4,10-11,14H2. The maximum absolute atomic E-state index is 3.51. The molecule has 0 atom stereocenters. The zero-order valence-corrected chi connectivity index (χ0v) is 13.5. The van der Waals surface area contributed by atoms with Crippen molar-refractivity contribution in [2.45, 2.75) is 19.5 Å². The first-order valence-electron chi connectivity index (χ1n) is 7.32. The van der Waals surface area contributed by atoms with Crippen molar-refractivity contribution >= 4 is 26.8 Å². The predicted octanol–water partition coefficient (Wildman–Crippen LogP) is 4.58.